The predicted molar refractivity (Wildman–Crippen MR) is 50.2 cm³/mol. The lowest BCUT2D eigenvalue weighted by Crippen LogP contribution is -2.43. The molecule has 8 heteroatoms. The monoisotopic (exact) mass is 242 g/mol. The zero-order chi connectivity index (χ0) is 12.7. The Morgan fingerprint density at radius 2 is 1.25 bits per heavy atom. The highest BCUT2D eigenvalue weighted by Gasteiger charge is 2.26. The van der Waals surface area contributed by atoms with Crippen molar-refractivity contribution in [1.82, 2.24) is 0 Å². The number of hydrogen-bond acceptors (Lipinski definition) is 8. The fraction of sp³-hybridized carbons (Fsp3) is 1.00. The van der Waals surface area contributed by atoms with Crippen LogP contribution in [0.4, 0.5) is 0 Å². The summed E-state index contributed by atoms with van der Waals surface area (Å²) in [5.74, 6) is 0. The highest BCUT2D eigenvalue weighted by atomic mass is 16.6. The minimum atomic E-state index is -1.82. The minimum Gasteiger partial charge on any atom is -0.394 e. The zero-order valence-corrected chi connectivity index (χ0v) is 8.55. The summed E-state index contributed by atoms with van der Waals surface area (Å²) in [7, 11) is 0. The molecule has 5 atom stereocenters. The van der Waals surface area contributed by atoms with Gasteiger partial charge >= 0.3 is 0 Å². The van der Waals surface area contributed by atoms with E-state index in [1.54, 1.807) is 0 Å². The van der Waals surface area contributed by atoms with Crippen LogP contribution in [0.2, 0.25) is 0 Å². The number of hydrogen-bond donors (Lipinski definition) is 7. The van der Waals surface area contributed by atoms with Crippen LogP contribution in [0.1, 0.15) is 0 Å². The van der Waals surface area contributed by atoms with Gasteiger partial charge in [0.2, 0.25) is 0 Å². The van der Waals surface area contributed by atoms with Crippen molar-refractivity contribution in [3.8, 4) is 0 Å². The highest BCUT2D eigenvalue weighted by Crippen LogP contribution is 2.03. The van der Waals surface area contributed by atoms with Gasteiger partial charge in [-0.3, -0.25) is 0 Å². The molecule has 0 aliphatic rings. The Bertz CT molecular complexity index is 177. The number of ether oxygens (including phenoxy) is 1. The van der Waals surface area contributed by atoms with Gasteiger partial charge in [0, 0.05) is 0 Å². The van der Waals surface area contributed by atoms with E-state index >= 15 is 0 Å². The molecular formula is C8H18O8. The van der Waals surface area contributed by atoms with E-state index in [0.29, 0.717) is 0 Å². The van der Waals surface area contributed by atoms with Crippen LogP contribution in [0, 0.1) is 0 Å². The first-order valence-electron chi connectivity index (χ1n) is 4.67. The van der Waals surface area contributed by atoms with Crippen LogP contribution in [-0.4, -0.2) is 86.3 Å². The lowest BCUT2D eigenvalue weighted by atomic mass is 10.2. The van der Waals surface area contributed by atoms with E-state index in [0.717, 1.165) is 0 Å². The molecule has 0 aromatic rings. The molecule has 0 amide bonds. The second kappa shape index (κ2) is 7.87. The first-order valence-corrected chi connectivity index (χ1v) is 4.67. The smallest absolute Gasteiger partial charge is 0.183 e. The normalized spacial score (nSPS) is 21.2. The molecule has 8 nitrogen and oxygen atoms in total. The molecule has 98 valence electrons. The minimum absolute atomic E-state index is 0.544. The topological polar surface area (TPSA) is 151 Å². The molecule has 0 spiro atoms. The quantitative estimate of drug-likeness (QED) is 0.211. The van der Waals surface area contributed by atoms with Gasteiger partial charge in [0.1, 0.15) is 24.4 Å². The van der Waals surface area contributed by atoms with Crippen molar-refractivity contribution in [2.75, 3.05) is 19.8 Å². The van der Waals surface area contributed by atoms with Crippen LogP contribution in [0.3, 0.4) is 0 Å². The summed E-state index contributed by atoms with van der Waals surface area (Å²) >= 11 is 0. The summed E-state index contributed by atoms with van der Waals surface area (Å²) in [6.45, 7) is -1.98. The van der Waals surface area contributed by atoms with E-state index in [-0.39, 0.29) is 0 Å². The maximum absolute atomic E-state index is 9.12. The van der Waals surface area contributed by atoms with Crippen molar-refractivity contribution in [1.29, 1.82) is 0 Å². The van der Waals surface area contributed by atoms with E-state index in [9.17, 15) is 0 Å². The molecule has 16 heavy (non-hydrogen) atoms. The zero-order valence-electron chi connectivity index (χ0n) is 8.55. The molecule has 1 unspecified atom stereocenters. The molecule has 0 radical (unpaired) electrons. The number of aliphatic hydroxyl groups is 7. The van der Waals surface area contributed by atoms with Crippen LogP contribution in [0.25, 0.3) is 0 Å². The maximum atomic E-state index is 9.12. The van der Waals surface area contributed by atoms with E-state index in [1.165, 1.54) is 0 Å². The average molecular weight is 242 g/mol. The molecule has 0 saturated heterocycles. The summed E-state index contributed by atoms with van der Waals surface area (Å²) in [5.41, 5.74) is 0. The Labute approximate surface area is 92.0 Å². The molecule has 0 aliphatic carbocycles. The summed E-state index contributed by atoms with van der Waals surface area (Å²) in [5, 5.41) is 62.1. The molecule has 0 bridgehead atoms. The molecule has 0 fully saturated rings. The van der Waals surface area contributed by atoms with E-state index in [2.05, 4.69) is 4.74 Å². The molecule has 0 aromatic carbocycles. The Kier molecular flexibility index (Phi) is 7.72. The summed E-state index contributed by atoms with van der Waals surface area (Å²) in [6.07, 6.45) is -7.98. The lowest BCUT2D eigenvalue weighted by molar-refractivity contribution is -0.208. The fourth-order valence-electron chi connectivity index (χ4n) is 0.827. The Morgan fingerprint density at radius 1 is 0.750 bits per heavy atom. The summed E-state index contributed by atoms with van der Waals surface area (Å²) in [4.78, 5) is 0. The molecule has 0 heterocycles. The van der Waals surface area contributed by atoms with Gasteiger partial charge in [-0.25, -0.2) is 0 Å². The standard InChI is InChI=1S/C8H18O8/c9-1-4(11)6(13)3-16-8(15)7(14)5(12)2-10/h4-15H,1-3H2/t4-,5+,6+,7+,8?/m1/s1. The van der Waals surface area contributed by atoms with Crippen molar-refractivity contribution in [3.63, 3.8) is 0 Å². The van der Waals surface area contributed by atoms with Crippen LogP contribution in [-0.2, 0) is 4.74 Å². The average Bonchev–Trinajstić information content (AvgIpc) is 2.32. The third-order valence-corrected chi connectivity index (χ3v) is 1.94. The van der Waals surface area contributed by atoms with Crippen LogP contribution in [0.15, 0.2) is 0 Å². The van der Waals surface area contributed by atoms with Gasteiger partial charge in [-0.15, -0.1) is 0 Å². The molecule has 7 N–H and O–H groups in total. The lowest BCUT2D eigenvalue weighted by Gasteiger charge is -2.23. The Morgan fingerprint density at radius 3 is 1.69 bits per heavy atom. The van der Waals surface area contributed by atoms with Gasteiger partial charge in [0.05, 0.1) is 19.8 Å². The van der Waals surface area contributed by atoms with Gasteiger partial charge in [0.15, 0.2) is 6.29 Å². The number of rotatable bonds is 8. The van der Waals surface area contributed by atoms with Crippen molar-refractivity contribution in [3.05, 3.63) is 0 Å². The molecule has 0 saturated carbocycles. The second-order valence-corrected chi connectivity index (χ2v) is 3.28. The van der Waals surface area contributed by atoms with Crippen molar-refractivity contribution in [2.45, 2.75) is 30.7 Å². The van der Waals surface area contributed by atoms with E-state index in [4.69, 9.17) is 35.7 Å². The van der Waals surface area contributed by atoms with E-state index in [1.807, 2.05) is 0 Å². The molecule has 0 aromatic heterocycles. The Hall–Kier alpha value is -0.320. The summed E-state index contributed by atoms with van der Waals surface area (Å²) < 4.78 is 4.52. The Balaban J connectivity index is 3.92. The third-order valence-electron chi connectivity index (χ3n) is 1.94. The van der Waals surface area contributed by atoms with Crippen molar-refractivity contribution in [2.24, 2.45) is 0 Å². The fourth-order valence-corrected chi connectivity index (χ4v) is 0.827. The largest absolute Gasteiger partial charge is 0.394 e. The molecular weight excluding hydrogens is 224 g/mol. The van der Waals surface area contributed by atoms with Crippen LogP contribution < -0.4 is 0 Å². The van der Waals surface area contributed by atoms with Gasteiger partial charge in [-0.05, 0) is 0 Å². The molecule has 0 rings (SSSR count). The third kappa shape index (κ3) is 5.14. The van der Waals surface area contributed by atoms with Gasteiger partial charge < -0.3 is 40.5 Å². The van der Waals surface area contributed by atoms with Crippen molar-refractivity contribution < 1.29 is 40.5 Å². The molecule has 0 aliphatic heterocycles. The van der Waals surface area contributed by atoms with E-state index < -0.39 is 50.5 Å². The van der Waals surface area contributed by atoms with Crippen LogP contribution >= 0.6 is 0 Å². The second-order valence-electron chi connectivity index (χ2n) is 3.28. The SMILES string of the molecule is OC[C@@H](O)[C@@H](O)COC(O)[C@@H](O)[C@@H](O)CO. The maximum Gasteiger partial charge on any atom is 0.183 e. The van der Waals surface area contributed by atoms with Gasteiger partial charge in [-0.1, -0.05) is 0 Å². The van der Waals surface area contributed by atoms with Gasteiger partial charge in [0.25, 0.3) is 0 Å². The number of aliphatic hydroxyl groups excluding tert-OH is 7. The first kappa shape index (κ1) is 15.7. The summed E-state index contributed by atoms with van der Waals surface area (Å²) in [6, 6.07) is 0. The van der Waals surface area contributed by atoms with Crippen LogP contribution in [0.5, 0.6) is 0 Å². The predicted octanol–water partition coefficient (Wildman–Crippen LogP) is -4.25. The van der Waals surface area contributed by atoms with Gasteiger partial charge in [-0.2, -0.15) is 0 Å². The van der Waals surface area contributed by atoms with Crippen molar-refractivity contribution >= 4 is 0 Å². The first-order chi connectivity index (χ1) is 7.43. The highest BCUT2D eigenvalue weighted by molar-refractivity contribution is 4.70.